The molecular formula is C14H18FNO2S. The van der Waals surface area contributed by atoms with Crippen LogP contribution in [0.3, 0.4) is 0 Å². The minimum Gasteiger partial charge on any atom is -0.327 e. The first-order valence-corrected chi connectivity index (χ1v) is 8.22. The standard InChI is InChI=1S/C14H18FNO2S/c1-9(16)14(6-7-14)10-2-5-13(12(15)8-10)19(17,18)11-3-4-11/h2,5,8-9,11H,3-4,6-7,16H2,1H3. The molecule has 2 saturated carbocycles. The average Bonchev–Trinajstić information content (AvgIpc) is 3.19. The third kappa shape index (κ3) is 1.99. The Balaban J connectivity index is 1.99. The summed E-state index contributed by atoms with van der Waals surface area (Å²) >= 11 is 0. The summed E-state index contributed by atoms with van der Waals surface area (Å²) in [7, 11) is -3.46. The topological polar surface area (TPSA) is 60.2 Å². The molecule has 0 aromatic heterocycles. The fourth-order valence-electron chi connectivity index (χ4n) is 2.74. The maximum absolute atomic E-state index is 14.1. The van der Waals surface area contributed by atoms with Gasteiger partial charge in [-0.15, -0.1) is 0 Å². The number of halogens is 1. The van der Waals surface area contributed by atoms with Crippen LogP contribution in [0.4, 0.5) is 4.39 Å². The Hall–Kier alpha value is -0.940. The molecule has 0 spiro atoms. The molecule has 0 amide bonds. The molecule has 0 heterocycles. The number of sulfone groups is 1. The van der Waals surface area contributed by atoms with Gasteiger partial charge < -0.3 is 5.73 Å². The zero-order valence-electron chi connectivity index (χ0n) is 10.9. The lowest BCUT2D eigenvalue weighted by molar-refractivity contribution is 0.538. The Morgan fingerprint density at radius 2 is 2.00 bits per heavy atom. The van der Waals surface area contributed by atoms with Gasteiger partial charge in [-0.2, -0.15) is 0 Å². The summed E-state index contributed by atoms with van der Waals surface area (Å²) in [4.78, 5) is -0.153. The van der Waals surface area contributed by atoms with Crippen molar-refractivity contribution in [3.8, 4) is 0 Å². The Morgan fingerprint density at radius 3 is 2.42 bits per heavy atom. The number of hydrogen-bond donors (Lipinski definition) is 1. The van der Waals surface area contributed by atoms with Gasteiger partial charge in [0.05, 0.1) is 5.25 Å². The molecule has 2 aliphatic rings. The third-order valence-electron chi connectivity index (χ3n) is 4.44. The lowest BCUT2D eigenvalue weighted by atomic mass is 9.89. The first-order valence-electron chi connectivity index (χ1n) is 6.67. The molecule has 2 fully saturated rings. The van der Waals surface area contributed by atoms with Crippen LogP contribution in [0.15, 0.2) is 23.1 Å². The third-order valence-corrected chi connectivity index (χ3v) is 6.73. The highest BCUT2D eigenvalue weighted by Crippen LogP contribution is 2.50. The molecule has 1 unspecified atom stereocenters. The predicted octanol–water partition coefficient (Wildman–Crippen LogP) is 2.14. The van der Waals surface area contributed by atoms with Crippen molar-refractivity contribution in [3.05, 3.63) is 29.6 Å². The van der Waals surface area contributed by atoms with Crippen LogP contribution >= 0.6 is 0 Å². The lowest BCUT2D eigenvalue weighted by Crippen LogP contribution is -2.31. The van der Waals surface area contributed by atoms with Crippen molar-refractivity contribution in [1.82, 2.24) is 0 Å². The minimum absolute atomic E-state index is 0.0437. The zero-order chi connectivity index (χ0) is 13.8. The summed E-state index contributed by atoms with van der Waals surface area (Å²) in [5, 5.41) is -0.379. The van der Waals surface area contributed by atoms with Crippen molar-refractivity contribution < 1.29 is 12.8 Å². The van der Waals surface area contributed by atoms with Crippen molar-refractivity contribution in [2.75, 3.05) is 0 Å². The van der Waals surface area contributed by atoms with Crippen LogP contribution in [0.2, 0.25) is 0 Å². The Morgan fingerprint density at radius 1 is 1.37 bits per heavy atom. The molecule has 1 aromatic rings. The molecule has 2 N–H and O–H groups in total. The molecule has 5 heteroatoms. The summed E-state index contributed by atoms with van der Waals surface area (Å²) in [5.41, 5.74) is 6.63. The fourth-order valence-corrected chi connectivity index (χ4v) is 4.45. The molecule has 0 bridgehead atoms. The number of hydrogen-bond acceptors (Lipinski definition) is 3. The average molecular weight is 283 g/mol. The van der Waals surface area contributed by atoms with E-state index in [1.165, 1.54) is 12.1 Å². The van der Waals surface area contributed by atoms with Gasteiger partial charge in [0.1, 0.15) is 10.7 Å². The van der Waals surface area contributed by atoms with Gasteiger partial charge in [0.2, 0.25) is 0 Å². The number of benzene rings is 1. The quantitative estimate of drug-likeness (QED) is 0.921. The molecule has 19 heavy (non-hydrogen) atoms. The maximum atomic E-state index is 14.1. The summed E-state index contributed by atoms with van der Waals surface area (Å²) in [6.07, 6.45) is 3.18. The smallest absolute Gasteiger partial charge is 0.184 e. The summed E-state index contributed by atoms with van der Waals surface area (Å²) in [6.45, 7) is 1.92. The molecular weight excluding hydrogens is 265 g/mol. The Bertz CT molecular complexity index is 616. The minimum atomic E-state index is -3.46. The van der Waals surface area contributed by atoms with Crippen LogP contribution in [0.5, 0.6) is 0 Å². The molecule has 2 aliphatic carbocycles. The number of rotatable bonds is 4. The maximum Gasteiger partial charge on any atom is 0.184 e. The van der Waals surface area contributed by atoms with Crippen molar-refractivity contribution in [2.24, 2.45) is 5.73 Å². The largest absolute Gasteiger partial charge is 0.327 e. The van der Waals surface area contributed by atoms with Gasteiger partial charge in [-0.25, -0.2) is 12.8 Å². The van der Waals surface area contributed by atoms with Gasteiger partial charge in [-0.3, -0.25) is 0 Å². The van der Waals surface area contributed by atoms with Crippen molar-refractivity contribution in [3.63, 3.8) is 0 Å². The first-order chi connectivity index (χ1) is 8.88. The summed E-state index contributed by atoms with van der Waals surface area (Å²) in [5.74, 6) is -0.628. The lowest BCUT2D eigenvalue weighted by Gasteiger charge is -2.20. The van der Waals surface area contributed by atoms with Gasteiger partial charge >= 0.3 is 0 Å². The van der Waals surface area contributed by atoms with Crippen LogP contribution in [0, 0.1) is 5.82 Å². The molecule has 0 saturated heterocycles. The van der Waals surface area contributed by atoms with E-state index in [9.17, 15) is 12.8 Å². The molecule has 1 atom stereocenters. The van der Waals surface area contributed by atoms with Crippen LogP contribution < -0.4 is 5.73 Å². The molecule has 3 rings (SSSR count). The van der Waals surface area contributed by atoms with E-state index in [-0.39, 0.29) is 21.6 Å². The van der Waals surface area contributed by atoms with Crippen molar-refractivity contribution in [2.45, 2.75) is 54.2 Å². The van der Waals surface area contributed by atoms with E-state index in [1.807, 2.05) is 6.92 Å². The molecule has 0 radical (unpaired) electrons. The molecule has 3 nitrogen and oxygen atoms in total. The second-order valence-corrected chi connectivity index (χ2v) is 8.03. The molecule has 104 valence electrons. The van der Waals surface area contributed by atoms with Gasteiger partial charge in [0, 0.05) is 11.5 Å². The van der Waals surface area contributed by atoms with Crippen LogP contribution in [0.1, 0.15) is 38.2 Å². The first kappa shape index (κ1) is 13.1. The van der Waals surface area contributed by atoms with Gasteiger partial charge in [0.25, 0.3) is 0 Å². The van der Waals surface area contributed by atoms with Crippen LogP contribution in [-0.4, -0.2) is 19.7 Å². The van der Waals surface area contributed by atoms with E-state index in [4.69, 9.17) is 5.73 Å². The highest BCUT2D eigenvalue weighted by molar-refractivity contribution is 7.92. The van der Waals surface area contributed by atoms with Gasteiger partial charge in [-0.05, 0) is 50.3 Å². The monoisotopic (exact) mass is 283 g/mol. The van der Waals surface area contributed by atoms with Crippen LogP contribution in [-0.2, 0) is 15.3 Å². The predicted molar refractivity (Wildman–Crippen MR) is 71.2 cm³/mol. The van der Waals surface area contributed by atoms with Crippen molar-refractivity contribution >= 4 is 9.84 Å². The normalized spacial score (nSPS) is 23.1. The second-order valence-electron chi connectivity index (χ2n) is 5.83. The second kappa shape index (κ2) is 4.03. The van der Waals surface area contributed by atoms with Gasteiger partial charge in [-0.1, -0.05) is 6.07 Å². The van der Waals surface area contributed by atoms with E-state index < -0.39 is 15.7 Å². The fraction of sp³-hybridized carbons (Fsp3) is 0.571. The SMILES string of the molecule is CC(N)C1(c2ccc(S(=O)(=O)C3CC3)c(F)c2)CC1. The summed E-state index contributed by atoms with van der Waals surface area (Å²) < 4.78 is 38.3. The highest BCUT2D eigenvalue weighted by atomic mass is 32.2. The van der Waals surface area contributed by atoms with E-state index in [0.29, 0.717) is 12.8 Å². The number of nitrogens with two attached hydrogens (primary N) is 1. The van der Waals surface area contributed by atoms with E-state index >= 15 is 0 Å². The molecule has 1 aromatic carbocycles. The highest BCUT2D eigenvalue weighted by Gasteiger charge is 2.48. The van der Waals surface area contributed by atoms with Crippen molar-refractivity contribution in [1.29, 1.82) is 0 Å². The Kier molecular flexibility index (Phi) is 2.77. The Labute approximate surface area is 112 Å². The summed E-state index contributed by atoms with van der Waals surface area (Å²) in [6, 6.07) is 4.47. The van der Waals surface area contributed by atoms with Gasteiger partial charge in [0.15, 0.2) is 9.84 Å². The van der Waals surface area contributed by atoms with E-state index in [0.717, 1.165) is 18.4 Å². The zero-order valence-corrected chi connectivity index (χ0v) is 11.7. The molecule has 0 aliphatic heterocycles. The van der Waals surface area contributed by atoms with E-state index in [2.05, 4.69) is 0 Å². The van der Waals surface area contributed by atoms with Crippen LogP contribution in [0.25, 0.3) is 0 Å². The van der Waals surface area contributed by atoms with E-state index in [1.54, 1.807) is 6.07 Å².